The summed E-state index contributed by atoms with van der Waals surface area (Å²) in [4.78, 5) is 17.0. The van der Waals surface area contributed by atoms with Crippen LogP contribution in [0.25, 0.3) is 0 Å². The quantitative estimate of drug-likeness (QED) is 0.774. The first-order chi connectivity index (χ1) is 12.5. The lowest BCUT2D eigenvalue weighted by molar-refractivity contribution is 0.0938. The van der Waals surface area contributed by atoms with Crippen molar-refractivity contribution in [1.29, 1.82) is 5.26 Å². The molecule has 0 unspecified atom stereocenters. The third kappa shape index (κ3) is 3.57. The highest BCUT2D eigenvalue weighted by Crippen LogP contribution is 2.26. The van der Waals surface area contributed by atoms with Crippen molar-refractivity contribution < 1.29 is 9.84 Å². The fourth-order valence-electron chi connectivity index (χ4n) is 2.98. The van der Waals surface area contributed by atoms with Crippen LogP contribution in [-0.2, 0) is 11.3 Å². The van der Waals surface area contributed by atoms with Gasteiger partial charge in [-0.3, -0.25) is 14.4 Å². The molecule has 6 nitrogen and oxygen atoms in total. The van der Waals surface area contributed by atoms with Crippen LogP contribution in [0.1, 0.15) is 29.5 Å². The Morgan fingerprint density at radius 2 is 2.27 bits per heavy atom. The van der Waals surface area contributed by atoms with E-state index in [9.17, 15) is 15.2 Å². The molecule has 3 rings (SSSR count). The molecule has 0 aliphatic carbocycles. The standard InChI is InChI=1S/C19H18BrN3O3/c1-12-14(9-21)18(24)23(11-13-5-4-8-26-13)19(25)15(12)10-22-17-7-3-2-6-16(17)20/h2-3,6-7,10,13,25H,4-5,8,11H2,1H3/t13-/m0/s1. The van der Waals surface area contributed by atoms with Crippen molar-refractivity contribution in [2.24, 2.45) is 4.99 Å². The maximum absolute atomic E-state index is 12.6. The average molecular weight is 416 g/mol. The summed E-state index contributed by atoms with van der Waals surface area (Å²) in [5.74, 6) is -0.196. The number of nitriles is 1. The number of nitrogens with zero attached hydrogens (tertiary/aromatic N) is 3. The van der Waals surface area contributed by atoms with Crippen LogP contribution < -0.4 is 5.56 Å². The minimum absolute atomic E-state index is 0.00868. The average Bonchev–Trinajstić information content (AvgIpc) is 3.14. The number of rotatable bonds is 4. The lowest BCUT2D eigenvalue weighted by Crippen LogP contribution is -2.29. The molecule has 1 atom stereocenters. The number of aliphatic imine (C=N–C) groups is 1. The van der Waals surface area contributed by atoms with E-state index in [2.05, 4.69) is 20.9 Å². The Hall–Kier alpha value is -2.43. The van der Waals surface area contributed by atoms with Crippen LogP contribution in [0, 0.1) is 18.3 Å². The summed E-state index contributed by atoms with van der Waals surface area (Å²) < 4.78 is 7.58. The van der Waals surface area contributed by atoms with Crippen molar-refractivity contribution in [3.8, 4) is 11.9 Å². The molecule has 2 heterocycles. The molecular weight excluding hydrogens is 398 g/mol. The monoisotopic (exact) mass is 415 g/mol. The van der Waals surface area contributed by atoms with Gasteiger partial charge in [-0.1, -0.05) is 12.1 Å². The van der Waals surface area contributed by atoms with Gasteiger partial charge in [-0.25, -0.2) is 0 Å². The molecule has 0 spiro atoms. The van der Waals surface area contributed by atoms with E-state index in [1.165, 1.54) is 10.8 Å². The Kier molecular flexibility index (Phi) is 5.55. The number of aromatic nitrogens is 1. The number of hydrogen-bond acceptors (Lipinski definition) is 5. The van der Waals surface area contributed by atoms with Crippen LogP contribution in [0.4, 0.5) is 5.69 Å². The first kappa shape index (κ1) is 18.4. The van der Waals surface area contributed by atoms with Crippen LogP contribution in [-0.4, -0.2) is 28.6 Å². The van der Waals surface area contributed by atoms with Crippen LogP contribution in [0.5, 0.6) is 5.88 Å². The summed E-state index contributed by atoms with van der Waals surface area (Å²) in [7, 11) is 0. The zero-order valence-electron chi connectivity index (χ0n) is 14.3. The van der Waals surface area contributed by atoms with Gasteiger partial charge in [-0.15, -0.1) is 0 Å². The highest BCUT2D eigenvalue weighted by molar-refractivity contribution is 9.10. The molecule has 0 radical (unpaired) electrons. The van der Waals surface area contributed by atoms with Crippen molar-refractivity contribution in [3.05, 3.63) is 55.8 Å². The summed E-state index contributed by atoms with van der Waals surface area (Å²) in [6.45, 7) is 2.50. The Labute approximate surface area is 159 Å². The zero-order valence-corrected chi connectivity index (χ0v) is 15.9. The second-order valence-corrected chi connectivity index (χ2v) is 6.96. The Morgan fingerprint density at radius 3 is 2.92 bits per heavy atom. The van der Waals surface area contributed by atoms with Crippen molar-refractivity contribution in [2.45, 2.75) is 32.4 Å². The Morgan fingerprint density at radius 1 is 1.50 bits per heavy atom. The molecule has 1 saturated heterocycles. The molecule has 1 aromatic carbocycles. The molecule has 0 amide bonds. The molecule has 1 aliphatic rings. The summed E-state index contributed by atoms with van der Waals surface area (Å²) in [5, 5.41) is 20.1. The Bertz CT molecular complexity index is 954. The lowest BCUT2D eigenvalue weighted by Gasteiger charge is -2.17. The summed E-state index contributed by atoms with van der Waals surface area (Å²) in [5.41, 5.74) is 0.955. The van der Waals surface area contributed by atoms with E-state index in [4.69, 9.17) is 4.74 Å². The minimum Gasteiger partial charge on any atom is -0.494 e. The predicted octanol–water partition coefficient (Wildman–Crippen LogP) is 3.43. The summed E-state index contributed by atoms with van der Waals surface area (Å²) >= 11 is 3.42. The third-order valence-electron chi connectivity index (χ3n) is 4.44. The number of benzene rings is 1. The predicted molar refractivity (Wildman–Crippen MR) is 102 cm³/mol. The van der Waals surface area contributed by atoms with E-state index in [1.807, 2.05) is 30.3 Å². The fraction of sp³-hybridized carbons (Fsp3) is 0.316. The van der Waals surface area contributed by atoms with Gasteiger partial charge >= 0.3 is 0 Å². The molecule has 26 heavy (non-hydrogen) atoms. The van der Waals surface area contributed by atoms with Crippen LogP contribution >= 0.6 is 15.9 Å². The second kappa shape index (κ2) is 7.85. The molecule has 0 saturated carbocycles. The molecule has 1 N–H and O–H groups in total. The lowest BCUT2D eigenvalue weighted by atomic mass is 10.1. The first-order valence-electron chi connectivity index (χ1n) is 8.29. The maximum Gasteiger partial charge on any atom is 0.271 e. The second-order valence-electron chi connectivity index (χ2n) is 6.11. The maximum atomic E-state index is 12.6. The molecule has 1 fully saturated rings. The van der Waals surface area contributed by atoms with E-state index < -0.39 is 5.56 Å². The summed E-state index contributed by atoms with van der Waals surface area (Å²) in [6.07, 6.45) is 3.09. The van der Waals surface area contributed by atoms with Crippen LogP contribution in [0.2, 0.25) is 0 Å². The topological polar surface area (TPSA) is 87.6 Å². The molecule has 2 aromatic rings. The molecular formula is C19H18BrN3O3. The number of halogens is 1. The molecule has 0 bridgehead atoms. The smallest absolute Gasteiger partial charge is 0.271 e. The van der Waals surface area contributed by atoms with Gasteiger partial charge in [0.2, 0.25) is 5.88 Å². The van der Waals surface area contributed by atoms with Crippen LogP contribution in [0.15, 0.2) is 38.5 Å². The van der Waals surface area contributed by atoms with Gasteiger partial charge < -0.3 is 9.84 Å². The largest absolute Gasteiger partial charge is 0.494 e. The number of pyridine rings is 1. The highest BCUT2D eigenvalue weighted by atomic mass is 79.9. The van der Waals surface area contributed by atoms with Crippen molar-refractivity contribution in [1.82, 2.24) is 4.57 Å². The third-order valence-corrected chi connectivity index (χ3v) is 5.11. The molecule has 1 aromatic heterocycles. The SMILES string of the molecule is Cc1c(C=Nc2ccccc2Br)c(O)n(C[C@@H]2CCCO2)c(=O)c1C#N. The van der Waals surface area contributed by atoms with Crippen molar-refractivity contribution in [3.63, 3.8) is 0 Å². The number of ether oxygens (including phenoxy) is 1. The first-order valence-corrected chi connectivity index (χ1v) is 9.09. The van der Waals surface area contributed by atoms with E-state index in [1.54, 1.807) is 6.92 Å². The fourth-order valence-corrected chi connectivity index (χ4v) is 3.36. The van der Waals surface area contributed by atoms with E-state index in [0.717, 1.165) is 17.3 Å². The van der Waals surface area contributed by atoms with Crippen LogP contribution in [0.3, 0.4) is 0 Å². The number of para-hydroxylation sites is 1. The van der Waals surface area contributed by atoms with Gasteiger partial charge in [0.15, 0.2) is 0 Å². The normalized spacial score (nSPS) is 16.9. The van der Waals surface area contributed by atoms with Gasteiger partial charge in [-0.05, 0) is 53.4 Å². The zero-order chi connectivity index (χ0) is 18.7. The van der Waals surface area contributed by atoms with Gasteiger partial charge in [-0.2, -0.15) is 5.26 Å². The molecule has 7 heteroatoms. The number of aromatic hydroxyl groups is 1. The van der Waals surface area contributed by atoms with Crippen molar-refractivity contribution in [2.75, 3.05) is 6.61 Å². The van der Waals surface area contributed by atoms with E-state index >= 15 is 0 Å². The number of hydrogen-bond donors (Lipinski definition) is 1. The summed E-state index contributed by atoms with van der Waals surface area (Å²) in [6, 6.07) is 9.36. The van der Waals surface area contributed by atoms with E-state index in [0.29, 0.717) is 23.4 Å². The van der Waals surface area contributed by atoms with Gasteiger partial charge in [0, 0.05) is 17.3 Å². The molecule has 1 aliphatic heterocycles. The Balaban J connectivity index is 2.08. The van der Waals surface area contributed by atoms with Crippen molar-refractivity contribution >= 4 is 27.8 Å². The van der Waals surface area contributed by atoms with Gasteiger partial charge in [0.1, 0.15) is 11.6 Å². The minimum atomic E-state index is -0.504. The van der Waals surface area contributed by atoms with E-state index in [-0.39, 0.29) is 24.1 Å². The highest BCUT2D eigenvalue weighted by Gasteiger charge is 2.22. The van der Waals surface area contributed by atoms with Gasteiger partial charge in [0.25, 0.3) is 5.56 Å². The molecule has 134 valence electrons. The van der Waals surface area contributed by atoms with Gasteiger partial charge in [0.05, 0.1) is 23.9 Å².